The smallest absolute Gasteiger partial charge is 0.326 e. The summed E-state index contributed by atoms with van der Waals surface area (Å²) in [6.45, 7) is 0.884. The molecule has 10 nitrogen and oxygen atoms in total. The second kappa shape index (κ2) is 9.62. The van der Waals surface area contributed by atoms with Crippen molar-refractivity contribution >= 4 is 23.5 Å². The Kier molecular flexibility index (Phi) is 7.24. The molecule has 10 heteroatoms. The van der Waals surface area contributed by atoms with Crippen molar-refractivity contribution < 1.29 is 29.2 Å². The van der Waals surface area contributed by atoms with Crippen LogP contribution < -0.4 is 10.6 Å². The number of nitrogens with zero attached hydrogens (tertiary/aromatic N) is 1. The van der Waals surface area contributed by atoms with Crippen LogP contribution in [0.3, 0.4) is 0 Å². The van der Waals surface area contributed by atoms with Crippen LogP contribution in [0.25, 0.3) is 0 Å². The lowest BCUT2D eigenvalue weighted by atomic mass is 9.93. The molecule has 27 heavy (non-hydrogen) atoms. The van der Waals surface area contributed by atoms with E-state index in [1.54, 1.807) is 0 Å². The fourth-order valence-corrected chi connectivity index (χ4v) is 2.78. The number of carbonyl (C=O) groups excluding carboxylic acids is 2. The third kappa shape index (κ3) is 6.03. The van der Waals surface area contributed by atoms with Crippen molar-refractivity contribution in [1.29, 1.82) is 0 Å². The molecule has 1 aromatic carbocycles. The van der Waals surface area contributed by atoms with Crippen LogP contribution in [0.4, 0.5) is 5.69 Å². The highest BCUT2D eigenvalue weighted by atomic mass is 16.6. The fraction of sp³-hybridized carbons (Fsp3) is 0.471. The largest absolute Gasteiger partial charge is 0.480 e. The van der Waals surface area contributed by atoms with Gasteiger partial charge >= 0.3 is 5.97 Å². The van der Waals surface area contributed by atoms with E-state index in [4.69, 9.17) is 4.74 Å². The molecule has 0 aromatic heterocycles. The number of aliphatic carboxylic acids is 1. The summed E-state index contributed by atoms with van der Waals surface area (Å²) in [6.07, 6.45) is 1.32. The zero-order chi connectivity index (χ0) is 19.8. The lowest BCUT2D eigenvalue weighted by molar-refractivity contribution is -0.384. The number of nitrogens with one attached hydrogen (secondary N) is 2. The van der Waals surface area contributed by atoms with Crippen molar-refractivity contribution in [3.05, 3.63) is 39.9 Å². The summed E-state index contributed by atoms with van der Waals surface area (Å²) in [6, 6.07) is 4.04. The number of benzene rings is 1. The third-order valence-electron chi connectivity index (χ3n) is 4.23. The molecule has 2 amide bonds. The molecular formula is C17H21N3O7. The van der Waals surface area contributed by atoms with Crippen LogP contribution in [0, 0.1) is 16.0 Å². The Labute approximate surface area is 155 Å². The summed E-state index contributed by atoms with van der Waals surface area (Å²) in [5.74, 6) is -2.37. The highest BCUT2D eigenvalue weighted by Crippen LogP contribution is 2.18. The van der Waals surface area contributed by atoms with Crippen molar-refractivity contribution in [3.63, 3.8) is 0 Å². The first-order valence-electron chi connectivity index (χ1n) is 8.51. The molecule has 1 aliphatic rings. The van der Waals surface area contributed by atoms with Crippen LogP contribution in [0.15, 0.2) is 24.3 Å². The molecule has 1 saturated heterocycles. The maximum atomic E-state index is 12.0. The van der Waals surface area contributed by atoms with E-state index in [1.807, 2.05) is 0 Å². The van der Waals surface area contributed by atoms with Crippen molar-refractivity contribution in [2.75, 3.05) is 19.8 Å². The van der Waals surface area contributed by atoms with Gasteiger partial charge in [0.1, 0.15) is 6.04 Å². The highest BCUT2D eigenvalue weighted by Gasteiger charge is 2.31. The fourth-order valence-electron chi connectivity index (χ4n) is 2.78. The number of ether oxygens (including phenoxy) is 1. The Morgan fingerprint density at radius 2 is 2.00 bits per heavy atom. The van der Waals surface area contributed by atoms with Gasteiger partial charge in [0.05, 0.1) is 11.5 Å². The highest BCUT2D eigenvalue weighted by molar-refractivity contribution is 5.94. The van der Waals surface area contributed by atoms with Gasteiger partial charge in [0.2, 0.25) is 5.91 Å². The van der Waals surface area contributed by atoms with Gasteiger partial charge in [-0.05, 0) is 25.0 Å². The maximum absolute atomic E-state index is 12.0. The first-order chi connectivity index (χ1) is 12.9. The minimum Gasteiger partial charge on any atom is -0.480 e. The molecule has 146 valence electrons. The van der Waals surface area contributed by atoms with Crippen molar-refractivity contribution in [2.24, 2.45) is 5.92 Å². The van der Waals surface area contributed by atoms with Gasteiger partial charge in [-0.2, -0.15) is 0 Å². The van der Waals surface area contributed by atoms with E-state index < -0.39 is 28.7 Å². The number of nitro benzene ring substituents is 1. The molecule has 1 aliphatic heterocycles. The monoisotopic (exact) mass is 379 g/mol. The number of hydrogen-bond donors (Lipinski definition) is 3. The number of carbonyl (C=O) groups is 3. The van der Waals surface area contributed by atoms with E-state index in [-0.39, 0.29) is 36.7 Å². The second-order valence-electron chi connectivity index (χ2n) is 6.17. The molecule has 3 N–H and O–H groups in total. The Hall–Kier alpha value is -3.01. The summed E-state index contributed by atoms with van der Waals surface area (Å²) in [4.78, 5) is 45.4. The van der Waals surface area contributed by atoms with Gasteiger partial charge in [-0.1, -0.05) is 0 Å². The number of amides is 2. The van der Waals surface area contributed by atoms with Crippen molar-refractivity contribution in [3.8, 4) is 0 Å². The molecule has 1 heterocycles. The topological polar surface area (TPSA) is 148 Å². The van der Waals surface area contributed by atoms with E-state index in [0.717, 1.165) is 6.42 Å². The second-order valence-corrected chi connectivity index (χ2v) is 6.17. The number of rotatable bonds is 8. The number of hydrogen-bond acceptors (Lipinski definition) is 6. The SMILES string of the molecule is O=C(CCNC(=O)c1ccc([N+](=O)[O-])cc1)NC(C(=O)O)C1CCCOC1. The minimum atomic E-state index is -1.12. The standard InChI is InChI=1S/C17H21N3O7/c21-14(19-15(17(23)24)12-2-1-9-27-10-12)7-8-18-16(22)11-3-5-13(6-4-11)20(25)26/h3-6,12,15H,1-2,7-10H2,(H,18,22)(H,19,21)(H,23,24). The third-order valence-corrected chi connectivity index (χ3v) is 4.23. The van der Waals surface area contributed by atoms with Gasteiger partial charge in [0, 0.05) is 43.2 Å². The predicted octanol–water partition coefficient (Wildman–Crippen LogP) is 0.711. The molecule has 0 radical (unpaired) electrons. The van der Waals surface area contributed by atoms with Gasteiger partial charge in [0.15, 0.2) is 0 Å². The van der Waals surface area contributed by atoms with Gasteiger partial charge in [-0.3, -0.25) is 19.7 Å². The first kappa shape index (κ1) is 20.3. The number of carboxylic acids is 1. The van der Waals surface area contributed by atoms with Gasteiger partial charge in [-0.25, -0.2) is 4.79 Å². The van der Waals surface area contributed by atoms with Gasteiger partial charge < -0.3 is 20.5 Å². The lowest BCUT2D eigenvalue weighted by Gasteiger charge is -2.28. The van der Waals surface area contributed by atoms with Crippen LogP contribution in [0.2, 0.25) is 0 Å². The Balaban J connectivity index is 1.79. The molecule has 2 unspecified atom stereocenters. The van der Waals surface area contributed by atoms with Crippen LogP contribution >= 0.6 is 0 Å². The molecule has 2 atom stereocenters. The van der Waals surface area contributed by atoms with Gasteiger partial charge in [-0.15, -0.1) is 0 Å². The summed E-state index contributed by atoms with van der Waals surface area (Å²) < 4.78 is 5.27. The van der Waals surface area contributed by atoms with E-state index >= 15 is 0 Å². The Bertz CT molecular complexity index is 699. The zero-order valence-corrected chi connectivity index (χ0v) is 14.6. The molecule has 1 aromatic rings. The minimum absolute atomic E-state index is 0.00909. The van der Waals surface area contributed by atoms with E-state index in [2.05, 4.69) is 10.6 Å². The Morgan fingerprint density at radius 3 is 2.56 bits per heavy atom. The maximum Gasteiger partial charge on any atom is 0.326 e. The Morgan fingerprint density at radius 1 is 1.30 bits per heavy atom. The van der Waals surface area contributed by atoms with Crippen LogP contribution in [-0.4, -0.2) is 53.6 Å². The van der Waals surface area contributed by atoms with Gasteiger partial charge in [0.25, 0.3) is 11.6 Å². The van der Waals surface area contributed by atoms with Crippen molar-refractivity contribution in [2.45, 2.75) is 25.3 Å². The molecule has 1 fully saturated rings. The quantitative estimate of drug-likeness (QED) is 0.445. The zero-order valence-electron chi connectivity index (χ0n) is 14.6. The summed E-state index contributed by atoms with van der Waals surface area (Å²) in [5, 5.41) is 24.9. The summed E-state index contributed by atoms with van der Waals surface area (Å²) in [5.41, 5.74) is 0.0982. The number of non-ortho nitro benzene ring substituents is 1. The molecular weight excluding hydrogens is 358 g/mol. The first-order valence-corrected chi connectivity index (χ1v) is 8.51. The molecule has 2 rings (SSSR count). The normalized spacial score (nSPS) is 17.6. The van der Waals surface area contributed by atoms with Crippen LogP contribution in [0.1, 0.15) is 29.6 Å². The lowest BCUT2D eigenvalue weighted by Crippen LogP contribution is -2.48. The molecule has 0 spiro atoms. The van der Waals surface area contributed by atoms with E-state index in [0.29, 0.717) is 13.0 Å². The molecule has 0 aliphatic carbocycles. The average Bonchev–Trinajstić information content (AvgIpc) is 2.66. The van der Waals surface area contributed by atoms with E-state index in [9.17, 15) is 29.6 Å². The summed E-state index contributed by atoms with van der Waals surface area (Å²) >= 11 is 0. The molecule has 0 saturated carbocycles. The number of nitro groups is 1. The average molecular weight is 379 g/mol. The summed E-state index contributed by atoms with van der Waals surface area (Å²) in [7, 11) is 0. The predicted molar refractivity (Wildman–Crippen MR) is 93.2 cm³/mol. The van der Waals surface area contributed by atoms with Crippen LogP contribution in [-0.2, 0) is 14.3 Å². The van der Waals surface area contributed by atoms with Crippen LogP contribution in [0.5, 0.6) is 0 Å². The van der Waals surface area contributed by atoms with E-state index in [1.165, 1.54) is 24.3 Å². The number of carboxylic acid groups (broad SMARTS) is 1. The van der Waals surface area contributed by atoms with Crippen molar-refractivity contribution in [1.82, 2.24) is 10.6 Å². The molecule has 0 bridgehead atoms.